The summed E-state index contributed by atoms with van der Waals surface area (Å²) in [5, 5.41) is 27.9. The minimum atomic E-state index is -0.866. The topological polar surface area (TPSA) is 104 Å². The van der Waals surface area contributed by atoms with Crippen molar-refractivity contribution in [3.05, 3.63) is 23.8 Å². The minimum Gasteiger partial charge on any atom is -0.508 e. The highest BCUT2D eigenvalue weighted by atomic mass is 16.4. The van der Waals surface area contributed by atoms with Gasteiger partial charge in [0.2, 0.25) is 0 Å². The van der Waals surface area contributed by atoms with E-state index in [2.05, 4.69) is 0 Å². The zero-order chi connectivity index (χ0) is 14.4. The molecule has 0 spiro atoms. The van der Waals surface area contributed by atoms with Gasteiger partial charge >= 0.3 is 5.97 Å². The van der Waals surface area contributed by atoms with Gasteiger partial charge in [0.05, 0.1) is 5.92 Å². The largest absolute Gasteiger partial charge is 0.508 e. The van der Waals surface area contributed by atoms with Gasteiger partial charge in [0.1, 0.15) is 11.5 Å². The van der Waals surface area contributed by atoms with E-state index in [1.165, 1.54) is 18.2 Å². The van der Waals surface area contributed by atoms with E-state index in [0.717, 1.165) is 6.42 Å². The van der Waals surface area contributed by atoms with Gasteiger partial charge in [-0.1, -0.05) is 6.92 Å². The fraction of sp³-hybridized carbons (Fsp3) is 0.500. The molecular formula is C14H21NO4. The Morgan fingerprint density at radius 3 is 2.63 bits per heavy atom. The average Bonchev–Trinajstić information content (AvgIpc) is 2.36. The van der Waals surface area contributed by atoms with E-state index in [1.54, 1.807) is 0 Å². The summed E-state index contributed by atoms with van der Waals surface area (Å²) in [5.74, 6) is -0.932. The first-order chi connectivity index (χ1) is 8.93. The van der Waals surface area contributed by atoms with Crippen molar-refractivity contribution in [3.63, 3.8) is 0 Å². The Balaban J connectivity index is 2.52. The molecule has 2 unspecified atom stereocenters. The second kappa shape index (κ2) is 6.99. The maximum Gasteiger partial charge on any atom is 0.307 e. The van der Waals surface area contributed by atoms with Crippen LogP contribution in [0.25, 0.3) is 0 Å². The first-order valence-corrected chi connectivity index (χ1v) is 6.37. The molecule has 0 bridgehead atoms. The molecule has 0 aliphatic heterocycles. The zero-order valence-corrected chi connectivity index (χ0v) is 11.0. The number of hydrogen-bond donors (Lipinski definition) is 4. The van der Waals surface area contributed by atoms with Crippen molar-refractivity contribution in [3.8, 4) is 11.5 Å². The lowest BCUT2D eigenvalue weighted by atomic mass is 9.91. The van der Waals surface area contributed by atoms with Crippen LogP contribution in [0, 0.1) is 11.8 Å². The Bertz CT molecular complexity index is 433. The van der Waals surface area contributed by atoms with Crippen LogP contribution in [0.5, 0.6) is 11.5 Å². The van der Waals surface area contributed by atoms with E-state index in [0.29, 0.717) is 18.4 Å². The fourth-order valence-corrected chi connectivity index (χ4v) is 2.08. The highest BCUT2D eigenvalue weighted by Crippen LogP contribution is 2.25. The fourth-order valence-electron chi connectivity index (χ4n) is 2.08. The number of carbonyl (C=O) groups is 1. The number of carboxylic acids is 1. The van der Waals surface area contributed by atoms with Crippen LogP contribution in [0.15, 0.2) is 18.2 Å². The number of nitrogens with two attached hydrogens (primary N) is 1. The molecule has 2 atom stereocenters. The first-order valence-electron chi connectivity index (χ1n) is 6.37. The first kappa shape index (κ1) is 15.3. The van der Waals surface area contributed by atoms with Crippen LogP contribution in [-0.4, -0.2) is 27.8 Å². The summed E-state index contributed by atoms with van der Waals surface area (Å²) < 4.78 is 0. The third-order valence-electron chi connectivity index (χ3n) is 3.29. The normalized spacial score (nSPS) is 14.0. The summed E-state index contributed by atoms with van der Waals surface area (Å²) in [7, 11) is 0. The Morgan fingerprint density at radius 2 is 2.05 bits per heavy atom. The van der Waals surface area contributed by atoms with Gasteiger partial charge in [-0.25, -0.2) is 0 Å². The predicted octanol–water partition coefficient (Wildman–Crippen LogP) is 1.72. The van der Waals surface area contributed by atoms with Crippen LogP contribution in [0.1, 0.15) is 25.3 Å². The number of carboxylic acid groups (broad SMARTS) is 1. The lowest BCUT2D eigenvalue weighted by Gasteiger charge is -2.16. The lowest BCUT2D eigenvalue weighted by molar-refractivity contribution is -0.141. The van der Waals surface area contributed by atoms with Crippen molar-refractivity contribution < 1.29 is 20.1 Å². The molecule has 0 saturated carbocycles. The van der Waals surface area contributed by atoms with Crippen LogP contribution >= 0.6 is 0 Å². The number of rotatable bonds is 7. The van der Waals surface area contributed by atoms with Crippen LogP contribution in [0.2, 0.25) is 0 Å². The van der Waals surface area contributed by atoms with Gasteiger partial charge in [-0.05, 0) is 48.9 Å². The molecule has 5 N–H and O–H groups in total. The molecule has 0 radical (unpaired) electrons. The Hall–Kier alpha value is -1.75. The van der Waals surface area contributed by atoms with Crippen LogP contribution < -0.4 is 5.73 Å². The smallest absolute Gasteiger partial charge is 0.307 e. The molecule has 19 heavy (non-hydrogen) atoms. The van der Waals surface area contributed by atoms with Gasteiger partial charge in [-0.15, -0.1) is 0 Å². The molecule has 0 saturated heterocycles. The Morgan fingerprint density at radius 1 is 1.37 bits per heavy atom. The molecule has 1 rings (SSSR count). The molecule has 1 aromatic carbocycles. The number of benzene rings is 1. The van der Waals surface area contributed by atoms with Gasteiger partial charge in [-0.3, -0.25) is 4.79 Å². The van der Waals surface area contributed by atoms with Gasteiger partial charge in [0.15, 0.2) is 0 Å². The van der Waals surface area contributed by atoms with E-state index >= 15 is 0 Å². The number of phenolic OH excluding ortho intramolecular Hbond substituents is 2. The van der Waals surface area contributed by atoms with E-state index in [9.17, 15) is 15.0 Å². The van der Waals surface area contributed by atoms with Crippen LogP contribution in [-0.2, 0) is 11.2 Å². The SMILES string of the molecule is CC(CCc1cc(O)ccc1O)CC(CN)C(=O)O. The van der Waals surface area contributed by atoms with Gasteiger partial charge in [0.25, 0.3) is 0 Å². The van der Waals surface area contributed by atoms with Crippen molar-refractivity contribution in [1.82, 2.24) is 0 Å². The summed E-state index contributed by atoms with van der Waals surface area (Å²) in [4.78, 5) is 10.9. The van der Waals surface area contributed by atoms with Gasteiger partial charge in [0, 0.05) is 6.54 Å². The third kappa shape index (κ3) is 4.79. The molecule has 0 heterocycles. The highest BCUT2D eigenvalue weighted by Gasteiger charge is 2.18. The molecule has 0 fully saturated rings. The lowest BCUT2D eigenvalue weighted by Crippen LogP contribution is -2.25. The van der Waals surface area contributed by atoms with E-state index in [4.69, 9.17) is 10.8 Å². The molecule has 5 nitrogen and oxygen atoms in total. The molecule has 106 valence electrons. The standard InChI is InChI=1S/C14H21NO4/c1-9(6-11(8-15)14(18)19)2-3-10-7-12(16)4-5-13(10)17/h4-5,7,9,11,16-17H,2-3,6,8,15H2,1H3,(H,18,19). The molecule has 0 aromatic heterocycles. The summed E-state index contributed by atoms with van der Waals surface area (Å²) in [5.41, 5.74) is 6.09. The van der Waals surface area contributed by atoms with Crippen molar-refractivity contribution in [2.75, 3.05) is 6.54 Å². The molecular weight excluding hydrogens is 246 g/mol. The summed E-state index contributed by atoms with van der Waals surface area (Å²) in [6, 6.07) is 4.41. The van der Waals surface area contributed by atoms with Crippen molar-refractivity contribution >= 4 is 5.97 Å². The zero-order valence-electron chi connectivity index (χ0n) is 11.0. The Labute approximate surface area is 112 Å². The number of aryl methyl sites for hydroxylation is 1. The molecule has 0 aliphatic carbocycles. The van der Waals surface area contributed by atoms with Crippen molar-refractivity contribution in [2.45, 2.75) is 26.2 Å². The number of phenols is 2. The number of aliphatic carboxylic acids is 1. The van der Waals surface area contributed by atoms with Gasteiger partial charge in [-0.2, -0.15) is 0 Å². The third-order valence-corrected chi connectivity index (χ3v) is 3.29. The summed E-state index contributed by atoms with van der Waals surface area (Å²) in [6.07, 6.45) is 1.85. The molecule has 5 heteroatoms. The van der Waals surface area contributed by atoms with Gasteiger partial charge < -0.3 is 21.1 Å². The van der Waals surface area contributed by atoms with Crippen molar-refractivity contribution in [2.24, 2.45) is 17.6 Å². The second-order valence-corrected chi connectivity index (χ2v) is 4.96. The quantitative estimate of drug-likeness (QED) is 0.563. The predicted molar refractivity (Wildman–Crippen MR) is 72.1 cm³/mol. The second-order valence-electron chi connectivity index (χ2n) is 4.96. The average molecular weight is 267 g/mol. The molecule has 1 aromatic rings. The molecule has 0 aliphatic rings. The molecule has 0 amide bonds. The van der Waals surface area contributed by atoms with Crippen LogP contribution in [0.3, 0.4) is 0 Å². The maximum absolute atomic E-state index is 10.9. The van der Waals surface area contributed by atoms with E-state index in [1.807, 2.05) is 6.92 Å². The number of hydrogen-bond acceptors (Lipinski definition) is 4. The summed E-state index contributed by atoms with van der Waals surface area (Å²) in [6.45, 7) is 2.10. The van der Waals surface area contributed by atoms with E-state index < -0.39 is 11.9 Å². The number of aromatic hydroxyl groups is 2. The minimum absolute atomic E-state index is 0.117. The van der Waals surface area contributed by atoms with Crippen molar-refractivity contribution in [1.29, 1.82) is 0 Å². The Kier molecular flexibility index (Phi) is 5.63. The van der Waals surface area contributed by atoms with Crippen LogP contribution in [0.4, 0.5) is 0 Å². The monoisotopic (exact) mass is 267 g/mol. The maximum atomic E-state index is 10.9. The summed E-state index contributed by atoms with van der Waals surface area (Å²) >= 11 is 0. The highest BCUT2D eigenvalue weighted by molar-refractivity contribution is 5.70. The van der Waals surface area contributed by atoms with E-state index in [-0.39, 0.29) is 24.0 Å².